The normalized spacial score (nSPS) is 16.7. The number of benzene rings is 2. The summed E-state index contributed by atoms with van der Waals surface area (Å²) in [5, 5.41) is 45.7. The Hall–Kier alpha value is 0.301. The smallest absolute Gasteiger partial charge is 0.872 e. The molecule has 0 atom stereocenters. The van der Waals surface area contributed by atoms with Crippen LogP contribution in [0.15, 0.2) is 0 Å². The standard InChI is InChI=1S/4C12H27O4Si.2C10H14O2.8C4H8O.2Ce/c4*1-10(2,3)14-17(13,15-11(4,5)6)16-12(7,8)9;2*1-5-6(2)10(12)8(4)7(3)9(5)11;8*1-2-4-5-3-1;;/h4*1-9H3;2*11-12H,1-4H3;8*1-4H2;;/q4*-1;;;;;;;;;;;2*+4/p-4. The van der Waals surface area contributed by atoms with Gasteiger partial charge in [-0.05, 0) is 407 Å². The second-order valence-corrected chi connectivity index (χ2v) is 51.9. The fraction of sp³-hybridized carbons (Fsp3) is 0.880. The summed E-state index contributed by atoms with van der Waals surface area (Å²) in [6.07, 6.45) is 20.4. The SMILES string of the molecule is C1CCOC1.C1CCOC1.C1CCOC1.C1CCOC1.C1CCOC1.C1CCOC1.C1CCOC1.C1CCOC1.CC(C)(C)O[Si]([O-])(OC(C)(C)C)OC(C)(C)C.CC(C)(C)O[Si]([O-])(OC(C)(C)C)OC(C)(C)C.CC(C)(C)O[Si]([O-])(OC(C)(C)C)OC(C)(C)C.CC(C)(C)O[Si]([O-])(OC(C)(C)C)OC(C)(C)C.Cc1c(C)c([O-])c(C)c(C)c1[O-].Cc1c(C)c([O-])c(C)c(C)c1[O-].[Ce+4].[Ce+4]. The van der Waals surface area contributed by atoms with Crippen LogP contribution in [0.1, 0.15) is 396 Å². The van der Waals surface area contributed by atoms with Crippen LogP contribution in [0, 0.1) is 139 Å². The van der Waals surface area contributed by atoms with E-state index in [0.717, 1.165) is 106 Å². The van der Waals surface area contributed by atoms with Crippen LogP contribution in [0.25, 0.3) is 0 Å². The Balaban J connectivity index is -0.000000337. The van der Waals surface area contributed by atoms with Crippen molar-refractivity contribution in [2.75, 3.05) is 106 Å². The van der Waals surface area contributed by atoms with Crippen LogP contribution >= 0.6 is 0 Å². The Bertz CT molecular complexity index is 2440. The molecule has 34 heteroatoms. The van der Waals surface area contributed by atoms with Crippen LogP contribution in [0.4, 0.5) is 0 Å². The summed E-state index contributed by atoms with van der Waals surface area (Å²) in [5.41, 5.74) is -2.26. The molecule has 0 unspecified atom stereocenters. The molecule has 8 aliphatic heterocycles. The molecule has 788 valence electrons. The Kier molecular flexibility index (Phi) is 74.3. The molecule has 0 radical (unpaired) electrons. The summed E-state index contributed by atoms with van der Waals surface area (Å²) in [6, 6.07) is 0. The molecule has 134 heavy (non-hydrogen) atoms. The van der Waals surface area contributed by atoms with Gasteiger partial charge in [0, 0.05) is 106 Å². The zero-order valence-corrected chi connectivity index (χ0v) is 103. The third kappa shape index (κ3) is 88.8. The van der Waals surface area contributed by atoms with Crippen molar-refractivity contribution in [3.8, 4) is 23.0 Å². The molecule has 0 saturated carbocycles. The predicted molar refractivity (Wildman–Crippen MR) is 522 cm³/mol. The summed E-state index contributed by atoms with van der Waals surface area (Å²) in [6.45, 7) is 95.3. The van der Waals surface area contributed by atoms with Crippen molar-refractivity contribution in [1.82, 2.24) is 0 Å². The molecule has 2 aromatic rings. The van der Waals surface area contributed by atoms with Crippen molar-refractivity contribution in [1.29, 1.82) is 0 Å². The van der Waals surface area contributed by atoms with Crippen LogP contribution < -0.4 is 39.6 Å². The molecule has 8 aliphatic rings. The molecule has 0 spiro atoms. The molecule has 8 fully saturated rings. The maximum atomic E-state index is 12.6. The van der Waals surface area contributed by atoms with Gasteiger partial charge in [-0.15, -0.1) is 23.0 Å². The van der Waals surface area contributed by atoms with Crippen LogP contribution in [-0.2, 0) is 91.0 Å². The van der Waals surface area contributed by atoms with E-state index in [0.29, 0.717) is 44.5 Å². The fourth-order valence-corrected chi connectivity index (χ4v) is 20.8. The number of hydrogen-bond donors (Lipinski definition) is 0. The van der Waals surface area contributed by atoms with Gasteiger partial charge in [0.25, 0.3) is 0 Å². The van der Waals surface area contributed by atoms with E-state index in [9.17, 15) is 39.6 Å². The Labute approximate surface area is 890 Å². The summed E-state index contributed by atoms with van der Waals surface area (Å²) < 4.78 is 106. The first-order valence-electron chi connectivity index (χ1n) is 48.2. The van der Waals surface area contributed by atoms with Gasteiger partial charge in [0.15, 0.2) is 0 Å². The third-order valence-electron chi connectivity index (χ3n) is 16.8. The molecule has 8 saturated heterocycles. The Morgan fingerprint density at radius 2 is 0.216 bits per heavy atom. The molecule has 0 aliphatic carbocycles. The van der Waals surface area contributed by atoms with Crippen LogP contribution in [0.3, 0.4) is 0 Å². The van der Waals surface area contributed by atoms with Gasteiger partial charge in [-0.2, -0.15) is 0 Å². The Morgan fingerprint density at radius 1 is 0.157 bits per heavy atom. The average molecular weight is 2240 g/mol. The molecular formula is C100H196Ce2O28Si4. The first kappa shape index (κ1) is 145. The summed E-state index contributed by atoms with van der Waals surface area (Å²) >= 11 is 0. The minimum atomic E-state index is -3.91. The van der Waals surface area contributed by atoms with E-state index in [1.54, 1.807) is 55.4 Å². The van der Waals surface area contributed by atoms with Gasteiger partial charge in [0.2, 0.25) is 0 Å². The summed E-state index contributed by atoms with van der Waals surface area (Å²) in [7, 11) is -15.6. The van der Waals surface area contributed by atoms with Crippen molar-refractivity contribution in [3.63, 3.8) is 0 Å². The molecule has 0 amide bonds. The molecular weight excluding hydrogens is 2040 g/mol. The van der Waals surface area contributed by atoms with E-state index in [4.69, 9.17) is 91.0 Å². The van der Waals surface area contributed by atoms with Crippen molar-refractivity contribution in [2.45, 2.75) is 475 Å². The third-order valence-corrected chi connectivity index (χ3v) is 27.1. The van der Waals surface area contributed by atoms with Gasteiger partial charge in [0.1, 0.15) is 0 Å². The molecule has 2 aromatic carbocycles. The van der Waals surface area contributed by atoms with Gasteiger partial charge in [-0.1, -0.05) is 44.5 Å². The van der Waals surface area contributed by atoms with Gasteiger partial charge in [-0.3, -0.25) is 0 Å². The largest absolute Gasteiger partial charge is 4.00 e. The van der Waals surface area contributed by atoms with Crippen LogP contribution in [0.2, 0.25) is 0 Å². The molecule has 10 rings (SSSR count). The van der Waals surface area contributed by atoms with Gasteiger partial charge >= 0.3 is 120 Å². The Morgan fingerprint density at radius 3 is 0.254 bits per heavy atom. The van der Waals surface area contributed by atoms with Gasteiger partial charge in [0.05, 0.1) is 67.2 Å². The predicted octanol–water partition coefficient (Wildman–Crippen LogP) is 17.4. The number of ether oxygens (including phenoxy) is 8. The second-order valence-electron chi connectivity index (χ2n) is 45.4. The number of hydrogen-bond acceptors (Lipinski definition) is 28. The van der Waals surface area contributed by atoms with Gasteiger partial charge < -0.3 is 131 Å². The minimum absolute atomic E-state index is 0. The topological polar surface area (TPSA) is 369 Å². The molecule has 8 heterocycles. The van der Waals surface area contributed by atoms with E-state index in [-0.39, 0.29) is 106 Å². The first-order valence-corrected chi connectivity index (χ1v) is 54.7. The van der Waals surface area contributed by atoms with E-state index >= 15 is 0 Å². The molecule has 0 bridgehead atoms. The average Bonchev–Trinajstić information content (AvgIpc) is 1.20. The molecule has 28 nitrogen and oxygen atoms in total. The zero-order chi connectivity index (χ0) is 104. The van der Waals surface area contributed by atoms with Crippen LogP contribution in [-0.4, -0.2) is 209 Å². The maximum absolute atomic E-state index is 12.6. The van der Waals surface area contributed by atoms with Crippen LogP contribution in [0.5, 0.6) is 23.0 Å². The van der Waals surface area contributed by atoms with E-state index < -0.39 is 103 Å². The van der Waals surface area contributed by atoms with Crippen molar-refractivity contribution < 1.29 is 214 Å². The fourth-order valence-electron chi connectivity index (χ4n) is 11.3. The van der Waals surface area contributed by atoms with E-state index in [1.807, 2.05) is 249 Å². The number of rotatable bonds is 12. The minimum Gasteiger partial charge on any atom is -0.872 e. The second kappa shape index (κ2) is 68.7. The quantitative estimate of drug-likeness (QED) is 0.178. The summed E-state index contributed by atoms with van der Waals surface area (Å²) in [4.78, 5) is 50.5. The van der Waals surface area contributed by atoms with Crippen molar-refractivity contribution >= 4 is 36.2 Å². The first-order chi connectivity index (χ1) is 59.4. The van der Waals surface area contributed by atoms with Crippen molar-refractivity contribution in [3.05, 3.63) is 44.5 Å². The molecule has 0 N–H and O–H groups in total. The van der Waals surface area contributed by atoms with E-state index in [1.165, 1.54) is 103 Å². The molecule has 0 aromatic heterocycles. The van der Waals surface area contributed by atoms with Gasteiger partial charge in [-0.25, -0.2) is 0 Å². The van der Waals surface area contributed by atoms with E-state index in [2.05, 4.69) is 0 Å². The maximum Gasteiger partial charge on any atom is 4.00 e. The summed E-state index contributed by atoms with van der Waals surface area (Å²) in [5.74, 6) is 0.0170. The zero-order valence-electron chi connectivity index (χ0n) is 93.1. The van der Waals surface area contributed by atoms with Crippen molar-refractivity contribution in [2.24, 2.45) is 0 Å². The monoisotopic (exact) mass is 2240 g/mol.